The van der Waals surface area contributed by atoms with E-state index in [0.29, 0.717) is 48.3 Å². The Kier molecular flexibility index (Phi) is 7.30. The summed E-state index contributed by atoms with van der Waals surface area (Å²) in [5, 5.41) is 3.69. The maximum Gasteiger partial charge on any atom is 0.261 e. The monoisotopic (exact) mass is 566 g/mol. The molecule has 0 saturated carbocycles. The maximum atomic E-state index is 13.6. The van der Waals surface area contributed by atoms with E-state index in [9.17, 15) is 14.0 Å². The van der Waals surface area contributed by atoms with Crippen LogP contribution in [0.1, 0.15) is 28.8 Å². The Labute approximate surface area is 241 Å². The van der Waals surface area contributed by atoms with Gasteiger partial charge in [0.05, 0.1) is 5.39 Å². The first-order chi connectivity index (χ1) is 20.3. The third kappa shape index (κ3) is 5.28. The number of nitrogens with two attached hydrogens (primary N) is 1. The van der Waals surface area contributed by atoms with Crippen molar-refractivity contribution in [2.45, 2.75) is 26.3 Å². The van der Waals surface area contributed by atoms with Crippen molar-refractivity contribution in [3.8, 4) is 22.3 Å². The lowest BCUT2D eigenvalue weighted by atomic mass is 9.99. The normalized spacial score (nSPS) is 13.9. The average Bonchev–Trinajstić information content (AvgIpc) is 3.33. The molecule has 5 aromatic rings. The van der Waals surface area contributed by atoms with Crippen molar-refractivity contribution in [2.24, 2.45) is 13.0 Å². The van der Waals surface area contributed by atoms with E-state index >= 15 is 0 Å². The van der Waals surface area contributed by atoms with Crippen LogP contribution in [0.5, 0.6) is 0 Å². The summed E-state index contributed by atoms with van der Waals surface area (Å²) in [6, 6.07) is 11.4. The Morgan fingerprint density at radius 2 is 1.79 bits per heavy atom. The minimum Gasteiger partial charge on any atom is -0.383 e. The molecular weight excluding hydrogens is 535 g/mol. The lowest BCUT2D eigenvalue weighted by Gasteiger charge is -2.23. The zero-order valence-electron chi connectivity index (χ0n) is 23.4. The van der Waals surface area contributed by atoms with Crippen molar-refractivity contribution in [1.82, 2.24) is 19.1 Å². The average molecular weight is 567 g/mol. The number of carbonyl (C=O) groups excluding carboxylic acids is 1. The zero-order valence-corrected chi connectivity index (χ0v) is 23.4. The Bertz CT molecular complexity index is 1860. The van der Waals surface area contributed by atoms with E-state index < -0.39 is 17.2 Å². The van der Waals surface area contributed by atoms with Crippen molar-refractivity contribution in [3.63, 3.8) is 0 Å². The molecule has 2 aromatic carbocycles. The smallest absolute Gasteiger partial charge is 0.261 e. The minimum absolute atomic E-state index is 0.0198. The predicted molar refractivity (Wildman–Crippen MR) is 161 cm³/mol. The van der Waals surface area contributed by atoms with Gasteiger partial charge in [-0.2, -0.15) is 0 Å². The van der Waals surface area contributed by atoms with E-state index in [1.165, 1.54) is 18.5 Å². The van der Waals surface area contributed by atoms with Gasteiger partial charge >= 0.3 is 0 Å². The Hall–Kier alpha value is -4.83. The number of aromatic nitrogens is 4. The number of halogens is 1. The van der Waals surface area contributed by atoms with Crippen LogP contribution < -0.4 is 16.5 Å². The second-order valence-electron chi connectivity index (χ2n) is 10.8. The molecule has 1 amide bonds. The van der Waals surface area contributed by atoms with Crippen LogP contribution in [0.25, 0.3) is 33.3 Å². The number of pyridine rings is 1. The third-order valence-corrected chi connectivity index (χ3v) is 7.86. The molecule has 42 heavy (non-hydrogen) atoms. The second kappa shape index (κ2) is 11.2. The van der Waals surface area contributed by atoms with Crippen LogP contribution in [-0.4, -0.2) is 38.2 Å². The molecule has 6 rings (SSSR count). The maximum absolute atomic E-state index is 13.6. The van der Waals surface area contributed by atoms with E-state index in [1.807, 2.05) is 47.5 Å². The molecule has 0 spiro atoms. The van der Waals surface area contributed by atoms with Crippen molar-refractivity contribution < 1.29 is 13.9 Å². The number of fused-ring (bicyclic) bond motifs is 1. The molecule has 4 heterocycles. The standard InChI is InChI=1S/C32H31FN6O3/c1-19-13-22(24-15-38(2)31-28(24)30(34)35-18-36-31)5-8-27(19)37-32(41)26-17-39(14-20-9-11-42-12-10-20)16-25(29(26)40)21-3-6-23(33)7-4-21/h3-8,13,15-18,20H,9-12,14H2,1-2H3,(H,37,41)(H2,34,35,36). The van der Waals surface area contributed by atoms with E-state index in [0.717, 1.165) is 40.6 Å². The van der Waals surface area contributed by atoms with Gasteiger partial charge in [-0.1, -0.05) is 18.2 Å². The summed E-state index contributed by atoms with van der Waals surface area (Å²) in [5.41, 5.74) is 10.6. The van der Waals surface area contributed by atoms with Gasteiger partial charge in [-0.05, 0) is 66.6 Å². The number of ether oxygens (including phenoxy) is 1. The topological polar surface area (TPSA) is 117 Å². The van der Waals surface area contributed by atoms with Crippen LogP contribution >= 0.6 is 0 Å². The van der Waals surface area contributed by atoms with Gasteiger partial charge in [0.2, 0.25) is 5.43 Å². The fourth-order valence-corrected chi connectivity index (χ4v) is 5.58. The predicted octanol–water partition coefficient (Wildman–Crippen LogP) is 5.17. The summed E-state index contributed by atoms with van der Waals surface area (Å²) in [7, 11) is 1.90. The quantitative estimate of drug-likeness (QED) is 0.293. The number of aryl methyl sites for hydroxylation is 2. The van der Waals surface area contributed by atoms with Crippen molar-refractivity contribution in [1.29, 1.82) is 0 Å². The van der Waals surface area contributed by atoms with Gasteiger partial charge in [0.1, 0.15) is 29.2 Å². The Morgan fingerprint density at radius 3 is 2.52 bits per heavy atom. The zero-order chi connectivity index (χ0) is 29.4. The lowest BCUT2D eigenvalue weighted by molar-refractivity contribution is 0.0612. The molecule has 1 fully saturated rings. The van der Waals surface area contributed by atoms with Gasteiger partial charge < -0.3 is 24.9 Å². The highest BCUT2D eigenvalue weighted by atomic mass is 19.1. The first-order valence-corrected chi connectivity index (χ1v) is 13.8. The van der Waals surface area contributed by atoms with E-state index in [2.05, 4.69) is 15.3 Å². The fraction of sp³-hybridized carbons (Fsp3) is 0.250. The van der Waals surface area contributed by atoms with Crippen LogP contribution in [-0.2, 0) is 18.3 Å². The van der Waals surface area contributed by atoms with E-state index in [4.69, 9.17) is 10.5 Å². The second-order valence-corrected chi connectivity index (χ2v) is 10.8. The van der Waals surface area contributed by atoms with Crippen LogP contribution in [0, 0.1) is 18.7 Å². The SMILES string of the molecule is Cc1cc(-c2cn(C)c3ncnc(N)c23)ccc1NC(=O)c1cn(CC2CCOCC2)cc(-c2ccc(F)cc2)c1=O. The van der Waals surface area contributed by atoms with E-state index in [-0.39, 0.29) is 5.56 Å². The molecule has 0 aliphatic carbocycles. The number of hydrogen-bond donors (Lipinski definition) is 2. The summed E-state index contributed by atoms with van der Waals surface area (Å²) < 4.78 is 22.9. The van der Waals surface area contributed by atoms with Crippen LogP contribution in [0.15, 0.2) is 72.2 Å². The highest BCUT2D eigenvalue weighted by Crippen LogP contribution is 2.34. The highest BCUT2D eigenvalue weighted by Gasteiger charge is 2.21. The van der Waals surface area contributed by atoms with E-state index in [1.54, 1.807) is 24.5 Å². The first kappa shape index (κ1) is 27.3. The molecule has 1 aliphatic heterocycles. The summed E-state index contributed by atoms with van der Waals surface area (Å²) in [5.74, 6) is -0.151. The molecule has 10 heteroatoms. The van der Waals surface area contributed by atoms with Gasteiger partial charge in [0.15, 0.2) is 0 Å². The summed E-state index contributed by atoms with van der Waals surface area (Å²) in [4.78, 5) is 35.7. The third-order valence-electron chi connectivity index (χ3n) is 7.86. The molecule has 1 aliphatic rings. The molecular formula is C32H31FN6O3. The number of hydrogen-bond acceptors (Lipinski definition) is 6. The number of benzene rings is 2. The molecule has 3 N–H and O–H groups in total. The molecule has 0 atom stereocenters. The molecule has 214 valence electrons. The van der Waals surface area contributed by atoms with Crippen molar-refractivity contribution in [2.75, 3.05) is 24.3 Å². The summed E-state index contributed by atoms with van der Waals surface area (Å²) in [6.07, 6.45) is 8.56. The van der Waals surface area contributed by atoms with Gasteiger partial charge in [-0.25, -0.2) is 14.4 Å². The summed E-state index contributed by atoms with van der Waals surface area (Å²) in [6.45, 7) is 3.92. The van der Waals surface area contributed by atoms with Gasteiger partial charge in [0, 0.05) is 62.2 Å². The number of anilines is 2. The molecule has 1 saturated heterocycles. The van der Waals surface area contributed by atoms with Crippen LogP contribution in [0.2, 0.25) is 0 Å². The number of nitrogen functional groups attached to an aromatic ring is 1. The number of amides is 1. The molecule has 3 aromatic heterocycles. The number of rotatable bonds is 6. The summed E-state index contributed by atoms with van der Waals surface area (Å²) >= 11 is 0. The van der Waals surface area contributed by atoms with Crippen molar-refractivity contribution in [3.05, 3.63) is 94.5 Å². The van der Waals surface area contributed by atoms with Gasteiger partial charge in [-0.3, -0.25) is 9.59 Å². The Morgan fingerprint density at radius 1 is 1.05 bits per heavy atom. The molecule has 0 bridgehead atoms. The highest BCUT2D eigenvalue weighted by molar-refractivity contribution is 6.05. The lowest BCUT2D eigenvalue weighted by Crippen LogP contribution is -2.27. The number of carbonyl (C=O) groups is 1. The van der Waals surface area contributed by atoms with Gasteiger partial charge in [-0.15, -0.1) is 0 Å². The minimum atomic E-state index is -0.511. The van der Waals surface area contributed by atoms with Gasteiger partial charge in [0.25, 0.3) is 5.91 Å². The van der Waals surface area contributed by atoms with Crippen molar-refractivity contribution >= 4 is 28.4 Å². The van der Waals surface area contributed by atoms with Crippen LogP contribution in [0.3, 0.4) is 0 Å². The number of nitrogens with zero attached hydrogens (tertiary/aromatic N) is 4. The molecule has 0 radical (unpaired) electrons. The van der Waals surface area contributed by atoms with Crippen LogP contribution in [0.4, 0.5) is 15.9 Å². The fourth-order valence-electron chi connectivity index (χ4n) is 5.58. The first-order valence-electron chi connectivity index (χ1n) is 13.8. The largest absolute Gasteiger partial charge is 0.383 e. The molecule has 0 unspecified atom stereocenters. The number of nitrogens with one attached hydrogen (secondary N) is 1. The molecule has 9 nitrogen and oxygen atoms in total. The Balaban J connectivity index is 1.33.